The molecule has 0 fully saturated rings. The molecule has 0 atom stereocenters. The van der Waals surface area contributed by atoms with Gasteiger partial charge in [-0.2, -0.15) is 0 Å². The van der Waals surface area contributed by atoms with Gasteiger partial charge in [0, 0.05) is 10.5 Å². The first-order valence-corrected chi connectivity index (χ1v) is 6.23. The molecular formula is C11H9N5OS. The van der Waals surface area contributed by atoms with Crippen LogP contribution in [0.2, 0.25) is 0 Å². The first-order valence-electron chi connectivity index (χ1n) is 5.24. The molecule has 0 saturated heterocycles. The van der Waals surface area contributed by atoms with Gasteiger partial charge in [0.1, 0.15) is 12.0 Å². The SMILES string of the molecule is Nc1ncnnc1-c1ccc2c(c1)NC(=O)CS2. The van der Waals surface area contributed by atoms with Crippen LogP contribution in [0.1, 0.15) is 0 Å². The van der Waals surface area contributed by atoms with Crippen molar-refractivity contribution in [1.82, 2.24) is 15.2 Å². The molecule has 7 heteroatoms. The van der Waals surface area contributed by atoms with E-state index >= 15 is 0 Å². The van der Waals surface area contributed by atoms with Crippen molar-refractivity contribution in [2.24, 2.45) is 0 Å². The van der Waals surface area contributed by atoms with Crippen LogP contribution in [0.15, 0.2) is 29.4 Å². The summed E-state index contributed by atoms with van der Waals surface area (Å²) >= 11 is 1.51. The molecule has 0 radical (unpaired) electrons. The number of nitrogens with zero attached hydrogens (tertiary/aromatic N) is 3. The van der Waals surface area contributed by atoms with Crippen molar-refractivity contribution in [3.8, 4) is 11.3 Å². The van der Waals surface area contributed by atoms with Crippen LogP contribution in [-0.2, 0) is 4.79 Å². The Morgan fingerprint density at radius 2 is 2.28 bits per heavy atom. The summed E-state index contributed by atoms with van der Waals surface area (Å²) in [5.74, 6) is 0.760. The van der Waals surface area contributed by atoms with Crippen molar-refractivity contribution in [2.45, 2.75) is 4.90 Å². The minimum Gasteiger partial charge on any atom is -0.382 e. The number of amides is 1. The molecule has 2 heterocycles. The molecule has 2 aromatic rings. The Hall–Kier alpha value is -2.15. The number of thioether (sulfide) groups is 1. The topological polar surface area (TPSA) is 93.8 Å². The van der Waals surface area contributed by atoms with Crippen LogP contribution in [0, 0.1) is 0 Å². The Morgan fingerprint density at radius 1 is 1.39 bits per heavy atom. The average Bonchev–Trinajstić information content (AvgIpc) is 2.38. The second kappa shape index (κ2) is 4.26. The third-order valence-corrected chi connectivity index (χ3v) is 3.61. The van der Waals surface area contributed by atoms with Crippen LogP contribution in [-0.4, -0.2) is 26.8 Å². The van der Waals surface area contributed by atoms with E-state index in [4.69, 9.17) is 5.73 Å². The summed E-state index contributed by atoms with van der Waals surface area (Å²) in [4.78, 5) is 16.3. The second-order valence-corrected chi connectivity index (χ2v) is 4.76. The lowest BCUT2D eigenvalue weighted by molar-refractivity contribution is -0.113. The summed E-state index contributed by atoms with van der Waals surface area (Å²) in [6.45, 7) is 0. The highest BCUT2D eigenvalue weighted by molar-refractivity contribution is 8.00. The maximum atomic E-state index is 11.3. The van der Waals surface area contributed by atoms with Crippen LogP contribution in [0.5, 0.6) is 0 Å². The van der Waals surface area contributed by atoms with Crippen LogP contribution >= 0.6 is 11.8 Å². The number of nitrogen functional groups attached to an aromatic ring is 1. The quantitative estimate of drug-likeness (QED) is 0.798. The summed E-state index contributed by atoms with van der Waals surface area (Å²) in [7, 11) is 0. The van der Waals surface area contributed by atoms with Crippen molar-refractivity contribution in [1.29, 1.82) is 0 Å². The Labute approximate surface area is 107 Å². The number of rotatable bonds is 1. The third-order valence-electron chi connectivity index (χ3n) is 2.53. The summed E-state index contributed by atoms with van der Waals surface area (Å²) in [6.07, 6.45) is 1.30. The van der Waals surface area contributed by atoms with Gasteiger partial charge in [-0.3, -0.25) is 4.79 Å². The number of anilines is 2. The Bertz CT molecular complexity index is 631. The number of aromatic nitrogens is 3. The third kappa shape index (κ3) is 1.88. The van der Waals surface area contributed by atoms with E-state index in [-0.39, 0.29) is 5.91 Å². The number of benzene rings is 1. The number of nitrogens with one attached hydrogen (secondary N) is 1. The zero-order valence-corrected chi connectivity index (χ0v) is 10.1. The minimum atomic E-state index is -0.00473. The van der Waals surface area contributed by atoms with E-state index in [1.807, 2.05) is 18.2 Å². The van der Waals surface area contributed by atoms with Crippen LogP contribution in [0.25, 0.3) is 11.3 Å². The van der Waals surface area contributed by atoms with Gasteiger partial charge in [-0.1, -0.05) is 6.07 Å². The molecule has 1 aliphatic heterocycles. The fraction of sp³-hybridized carbons (Fsp3) is 0.0909. The number of carbonyl (C=O) groups excluding carboxylic acids is 1. The first kappa shape index (κ1) is 11.0. The Balaban J connectivity index is 2.07. The average molecular weight is 259 g/mol. The molecule has 1 aliphatic rings. The van der Waals surface area contributed by atoms with Gasteiger partial charge in [-0.25, -0.2) is 4.98 Å². The molecule has 0 bridgehead atoms. The molecule has 0 aliphatic carbocycles. The number of hydrogen-bond acceptors (Lipinski definition) is 6. The molecule has 1 aromatic heterocycles. The molecule has 0 saturated carbocycles. The van der Waals surface area contributed by atoms with E-state index in [1.54, 1.807) is 0 Å². The highest BCUT2D eigenvalue weighted by Crippen LogP contribution is 2.34. The van der Waals surface area contributed by atoms with E-state index in [2.05, 4.69) is 20.5 Å². The summed E-state index contributed by atoms with van der Waals surface area (Å²) in [6, 6.07) is 5.66. The van der Waals surface area contributed by atoms with Gasteiger partial charge in [-0.05, 0) is 12.1 Å². The van der Waals surface area contributed by atoms with Gasteiger partial charge < -0.3 is 11.1 Å². The molecule has 90 valence electrons. The van der Waals surface area contributed by atoms with Gasteiger partial charge in [0.15, 0.2) is 5.82 Å². The first-order chi connectivity index (χ1) is 8.74. The number of nitrogens with two attached hydrogens (primary N) is 1. The molecule has 6 nitrogen and oxygen atoms in total. The number of carbonyl (C=O) groups is 1. The highest BCUT2D eigenvalue weighted by Gasteiger charge is 2.16. The molecule has 1 amide bonds. The Kier molecular flexibility index (Phi) is 2.60. The zero-order valence-electron chi connectivity index (χ0n) is 9.25. The lowest BCUT2D eigenvalue weighted by Crippen LogP contribution is -2.18. The smallest absolute Gasteiger partial charge is 0.234 e. The van der Waals surface area contributed by atoms with Crippen molar-refractivity contribution >= 4 is 29.2 Å². The summed E-state index contributed by atoms with van der Waals surface area (Å²) in [5, 5.41) is 10.5. The van der Waals surface area contributed by atoms with E-state index in [1.165, 1.54) is 18.1 Å². The standard InChI is InChI=1S/C11H9N5OS/c12-11-10(16-14-5-13-11)6-1-2-8-7(3-6)15-9(17)4-18-8/h1-3,5H,4H2,(H,15,17)(H2,12,13,14). The molecular weight excluding hydrogens is 250 g/mol. The van der Waals surface area contributed by atoms with Crippen molar-refractivity contribution in [3.05, 3.63) is 24.5 Å². The van der Waals surface area contributed by atoms with Gasteiger partial charge in [-0.15, -0.1) is 22.0 Å². The lowest BCUT2D eigenvalue weighted by Gasteiger charge is -2.16. The van der Waals surface area contributed by atoms with Crippen molar-refractivity contribution < 1.29 is 4.79 Å². The molecule has 0 spiro atoms. The predicted octanol–water partition coefficient (Wildman–Crippen LogP) is 1.16. The number of fused-ring (bicyclic) bond motifs is 1. The van der Waals surface area contributed by atoms with Crippen LogP contribution < -0.4 is 11.1 Å². The summed E-state index contributed by atoms with van der Waals surface area (Å²) in [5.41, 5.74) is 7.83. The van der Waals surface area contributed by atoms with E-state index in [9.17, 15) is 4.79 Å². The predicted molar refractivity (Wildman–Crippen MR) is 69.0 cm³/mol. The fourth-order valence-electron chi connectivity index (χ4n) is 1.72. The minimum absolute atomic E-state index is 0.00473. The molecule has 3 rings (SSSR count). The van der Waals surface area contributed by atoms with Crippen molar-refractivity contribution in [3.63, 3.8) is 0 Å². The summed E-state index contributed by atoms with van der Waals surface area (Å²) < 4.78 is 0. The van der Waals surface area contributed by atoms with E-state index in [0.29, 0.717) is 17.3 Å². The van der Waals surface area contributed by atoms with Gasteiger partial charge in [0.05, 0.1) is 11.4 Å². The van der Waals surface area contributed by atoms with Crippen LogP contribution in [0.4, 0.5) is 11.5 Å². The van der Waals surface area contributed by atoms with Crippen LogP contribution in [0.3, 0.4) is 0 Å². The fourth-order valence-corrected chi connectivity index (χ4v) is 2.51. The maximum Gasteiger partial charge on any atom is 0.234 e. The monoisotopic (exact) mass is 259 g/mol. The van der Waals surface area contributed by atoms with Gasteiger partial charge in [0.2, 0.25) is 5.91 Å². The van der Waals surface area contributed by atoms with E-state index < -0.39 is 0 Å². The maximum absolute atomic E-state index is 11.3. The van der Waals surface area contributed by atoms with Gasteiger partial charge in [0.25, 0.3) is 0 Å². The number of hydrogen-bond donors (Lipinski definition) is 2. The largest absolute Gasteiger partial charge is 0.382 e. The van der Waals surface area contributed by atoms with E-state index in [0.717, 1.165) is 16.1 Å². The molecule has 3 N–H and O–H groups in total. The molecule has 18 heavy (non-hydrogen) atoms. The zero-order chi connectivity index (χ0) is 12.5. The second-order valence-electron chi connectivity index (χ2n) is 3.74. The Morgan fingerprint density at radius 3 is 3.11 bits per heavy atom. The normalized spacial score (nSPS) is 13.9. The molecule has 1 aromatic carbocycles. The van der Waals surface area contributed by atoms with Crippen molar-refractivity contribution in [2.75, 3.05) is 16.8 Å². The molecule has 0 unspecified atom stereocenters. The lowest BCUT2D eigenvalue weighted by atomic mass is 10.1. The van der Waals surface area contributed by atoms with Gasteiger partial charge >= 0.3 is 0 Å². The highest BCUT2D eigenvalue weighted by atomic mass is 32.2.